The molecule has 1 N–H and O–H groups in total. The molecule has 2 fully saturated rings. The van der Waals surface area contributed by atoms with Gasteiger partial charge in [0.15, 0.2) is 29.2 Å². The van der Waals surface area contributed by atoms with Crippen molar-refractivity contribution in [1.82, 2.24) is 20.2 Å². The van der Waals surface area contributed by atoms with Gasteiger partial charge in [0.2, 0.25) is 0 Å². The van der Waals surface area contributed by atoms with Gasteiger partial charge in [0, 0.05) is 49.5 Å². The molecule has 0 unspecified atom stereocenters. The number of aryl methyl sites for hydroxylation is 2. The van der Waals surface area contributed by atoms with Crippen LogP contribution in [0.1, 0.15) is 111 Å². The molecule has 4 heterocycles. The Kier molecular flexibility index (Phi) is 18.6. The number of alkyl halides is 6. The molecule has 6 rings (SSSR count). The Morgan fingerprint density at radius 3 is 1.25 bits per heavy atom. The van der Waals surface area contributed by atoms with Gasteiger partial charge in [-0.05, 0) is 160 Å². The Balaban J connectivity index is 0.000000268. The summed E-state index contributed by atoms with van der Waals surface area (Å²) < 4.78 is 137. The van der Waals surface area contributed by atoms with Crippen molar-refractivity contribution >= 4 is 31.6 Å². The number of likely N-dealkylation sites (tertiary alicyclic amines) is 1. The van der Waals surface area contributed by atoms with Crippen molar-refractivity contribution in [3.05, 3.63) is 96.3 Å². The maximum Gasteiger partial charge on any atom is 0.389 e. The number of hydrogen-bond acceptors (Lipinski definition) is 12. The third-order valence-corrected chi connectivity index (χ3v) is 17.5. The molecular weight excluding hydrogens is 987 g/mol. The van der Waals surface area contributed by atoms with Gasteiger partial charge in [-0.15, -0.1) is 0 Å². The van der Waals surface area contributed by atoms with Crippen molar-refractivity contribution in [2.24, 2.45) is 0 Å². The number of sulfone groups is 2. The molecule has 0 spiro atoms. The highest BCUT2D eigenvalue weighted by Gasteiger charge is 2.56. The van der Waals surface area contributed by atoms with Crippen molar-refractivity contribution in [1.29, 1.82) is 0 Å². The summed E-state index contributed by atoms with van der Waals surface area (Å²) in [4.78, 5) is 37.2. The Morgan fingerprint density at radius 1 is 0.583 bits per heavy atom. The number of carbonyl (C=O) groups excluding carboxylic acids is 2. The summed E-state index contributed by atoms with van der Waals surface area (Å²) in [5.74, 6) is -1.46. The number of nitrogens with zero attached hydrogens (tertiary/aromatic N) is 3. The fraction of sp³-hybridized carbons (Fsp3) is 0.538. The van der Waals surface area contributed by atoms with E-state index in [4.69, 9.17) is 9.47 Å². The Morgan fingerprint density at radius 2 is 0.944 bits per heavy atom. The van der Waals surface area contributed by atoms with E-state index in [1.54, 1.807) is 90.1 Å². The predicted molar refractivity (Wildman–Crippen MR) is 262 cm³/mol. The molecule has 0 bridgehead atoms. The normalized spacial score (nSPS) is 16.8. The van der Waals surface area contributed by atoms with Crippen LogP contribution in [0, 0.1) is 0 Å². The van der Waals surface area contributed by atoms with Gasteiger partial charge in [-0.2, -0.15) is 26.3 Å². The zero-order valence-electron chi connectivity index (χ0n) is 41.9. The van der Waals surface area contributed by atoms with E-state index in [-0.39, 0.29) is 61.2 Å². The number of piperidine rings is 2. The second-order valence-corrected chi connectivity index (χ2v) is 24.8. The number of carbonyl (C=O) groups is 2. The quantitative estimate of drug-likeness (QED) is 0.0887. The minimum Gasteiger partial charge on any atom is -0.459 e. The number of aromatic nitrogens is 2. The van der Waals surface area contributed by atoms with Gasteiger partial charge < -0.3 is 19.7 Å². The summed E-state index contributed by atoms with van der Waals surface area (Å²) in [5.41, 5.74) is 2.20. The first-order valence-electron chi connectivity index (χ1n) is 24.0. The summed E-state index contributed by atoms with van der Waals surface area (Å²) in [7, 11) is -8.12. The highest BCUT2D eigenvalue weighted by Crippen LogP contribution is 2.40. The van der Waals surface area contributed by atoms with Crippen LogP contribution in [-0.4, -0.2) is 109 Å². The van der Waals surface area contributed by atoms with E-state index in [9.17, 15) is 52.8 Å². The largest absolute Gasteiger partial charge is 0.459 e. The highest BCUT2D eigenvalue weighted by molar-refractivity contribution is 7.94. The molecule has 4 aromatic rings. The molecule has 2 aromatic carbocycles. The predicted octanol–water partition coefficient (Wildman–Crippen LogP) is 10.5. The molecule has 72 heavy (non-hydrogen) atoms. The topological polar surface area (TPSA) is 162 Å². The Labute approximate surface area is 419 Å². The number of nitrogens with one attached hydrogen (secondary N) is 1. The van der Waals surface area contributed by atoms with E-state index >= 15 is 0 Å². The van der Waals surface area contributed by atoms with E-state index in [0.29, 0.717) is 59.8 Å². The molecular formula is C52H66F6N4O8S2. The minimum absolute atomic E-state index is 0.00744. The van der Waals surface area contributed by atoms with E-state index in [1.807, 2.05) is 6.92 Å². The molecule has 0 amide bonds. The summed E-state index contributed by atoms with van der Waals surface area (Å²) in [6.45, 7) is 14.8. The molecule has 2 saturated heterocycles. The van der Waals surface area contributed by atoms with Gasteiger partial charge in [0.1, 0.15) is 11.2 Å². The number of ether oxygens (including phenoxy) is 2. The number of benzene rings is 2. The molecule has 0 aliphatic carbocycles. The van der Waals surface area contributed by atoms with Gasteiger partial charge in [0.25, 0.3) is 0 Å². The first-order chi connectivity index (χ1) is 33.4. The van der Waals surface area contributed by atoms with Crippen LogP contribution in [0.25, 0.3) is 22.5 Å². The second kappa shape index (κ2) is 23.1. The van der Waals surface area contributed by atoms with Crippen LogP contribution in [0.3, 0.4) is 0 Å². The average molecular weight is 1050 g/mol. The first-order valence-corrected chi connectivity index (χ1v) is 27.0. The van der Waals surface area contributed by atoms with Crippen molar-refractivity contribution in [2.75, 3.05) is 32.7 Å². The smallest absolute Gasteiger partial charge is 0.389 e. The zero-order chi connectivity index (χ0) is 53.4. The number of halogens is 6. The van der Waals surface area contributed by atoms with E-state index in [1.165, 1.54) is 36.7 Å². The molecule has 2 aromatic heterocycles. The Bertz CT molecular complexity index is 2650. The third kappa shape index (κ3) is 15.1. The summed E-state index contributed by atoms with van der Waals surface area (Å²) in [6, 6.07) is 19.2. The third-order valence-electron chi connectivity index (χ3n) is 12.5. The van der Waals surface area contributed by atoms with E-state index in [2.05, 4.69) is 20.2 Å². The van der Waals surface area contributed by atoms with Crippen LogP contribution in [0.5, 0.6) is 0 Å². The molecule has 20 heteroatoms. The standard InChI is InChI=1S/C27H35F3N2O4S.C25H31F3N2O4S/c1-5-32-17-15-26(16-18-32,24(33)36-25(2,3)4)37(34,35)22-11-9-21(10-12-22)23-13-8-20(19-31-23)7-6-14-27(28,29)30;1-23(2,3)34-22(31)24(13-15-29-16-14-24)35(32,33)20-9-7-19(8-10-20)21-11-6-18(17-30-21)5-4-12-25(26,27)28/h8-13,19H,5-7,14-18H2,1-4H3;6-11,17,29H,4-5,12-16H2,1-3H3. The lowest BCUT2D eigenvalue weighted by molar-refractivity contribution is -0.160. The number of pyridine rings is 2. The summed E-state index contributed by atoms with van der Waals surface area (Å²) in [6.07, 6.45) is -5.91. The molecule has 2 aliphatic rings. The number of rotatable bonds is 15. The molecule has 12 nitrogen and oxygen atoms in total. The maximum absolute atomic E-state index is 13.9. The molecule has 0 saturated carbocycles. The van der Waals surface area contributed by atoms with Crippen LogP contribution < -0.4 is 5.32 Å². The van der Waals surface area contributed by atoms with Gasteiger partial charge in [-0.25, -0.2) is 16.8 Å². The van der Waals surface area contributed by atoms with Gasteiger partial charge in [-0.3, -0.25) is 19.6 Å². The van der Waals surface area contributed by atoms with Gasteiger partial charge in [-0.1, -0.05) is 43.3 Å². The van der Waals surface area contributed by atoms with E-state index in [0.717, 1.165) is 6.54 Å². The van der Waals surface area contributed by atoms with Crippen molar-refractivity contribution in [2.45, 2.75) is 156 Å². The van der Waals surface area contributed by atoms with Crippen LogP contribution in [0.4, 0.5) is 26.3 Å². The van der Waals surface area contributed by atoms with Crippen LogP contribution in [-0.2, 0) is 51.6 Å². The lowest BCUT2D eigenvalue weighted by atomic mass is 9.95. The number of esters is 2. The van der Waals surface area contributed by atoms with Crippen molar-refractivity contribution in [3.63, 3.8) is 0 Å². The lowest BCUT2D eigenvalue weighted by Crippen LogP contribution is -2.56. The van der Waals surface area contributed by atoms with Crippen molar-refractivity contribution < 1.29 is 62.2 Å². The Hall–Kier alpha value is -4.92. The molecule has 0 atom stereocenters. The molecule has 2 aliphatic heterocycles. The zero-order valence-corrected chi connectivity index (χ0v) is 43.5. The minimum atomic E-state index is -4.18. The number of hydrogen-bond donors (Lipinski definition) is 1. The lowest BCUT2D eigenvalue weighted by Gasteiger charge is -2.40. The second-order valence-electron chi connectivity index (χ2n) is 20.3. The maximum atomic E-state index is 13.9. The van der Waals surface area contributed by atoms with Gasteiger partial charge >= 0.3 is 24.3 Å². The fourth-order valence-corrected chi connectivity index (χ4v) is 12.4. The average Bonchev–Trinajstić information content (AvgIpc) is 3.30. The fourth-order valence-electron chi connectivity index (χ4n) is 8.50. The monoisotopic (exact) mass is 1050 g/mol. The summed E-state index contributed by atoms with van der Waals surface area (Å²) in [5, 5.41) is 3.10. The summed E-state index contributed by atoms with van der Waals surface area (Å²) >= 11 is 0. The van der Waals surface area contributed by atoms with Crippen LogP contribution in [0.2, 0.25) is 0 Å². The SMILES string of the molecule is CC(C)(C)OC(=O)C1(S(=O)(=O)c2ccc(-c3ccc(CCCC(F)(F)F)cn3)cc2)CCNCC1.CCN1CCC(C(=O)OC(C)(C)C)(S(=O)(=O)c2ccc(-c3ccc(CCCC(F)(F)F)cn3)cc2)CC1. The van der Waals surface area contributed by atoms with Crippen molar-refractivity contribution in [3.8, 4) is 22.5 Å². The first kappa shape index (κ1) is 58.0. The molecule has 0 radical (unpaired) electrons. The molecule has 396 valence electrons. The van der Waals surface area contributed by atoms with Gasteiger partial charge in [0.05, 0.1) is 21.2 Å². The van der Waals surface area contributed by atoms with Crippen LogP contribution >= 0.6 is 0 Å². The highest BCUT2D eigenvalue weighted by atomic mass is 32.2. The van der Waals surface area contributed by atoms with E-state index < -0.39 is 77.5 Å². The van der Waals surface area contributed by atoms with Crippen LogP contribution in [0.15, 0.2) is 95.0 Å².